The molecular formula is C26H25ClFN3O2. The lowest BCUT2D eigenvalue weighted by atomic mass is 10.0. The summed E-state index contributed by atoms with van der Waals surface area (Å²) in [6.07, 6.45) is 0. The first kappa shape index (κ1) is 23.0. The van der Waals surface area contributed by atoms with E-state index in [9.17, 15) is 14.0 Å². The Hall–Kier alpha value is -3.22. The van der Waals surface area contributed by atoms with Gasteiger partial charge in [0.15, 0.2) is 0 Å². The van der Waals surface area contributed by atoms with E-state index in [1.807, 2.05) is 61.5 Å². The molecule has 0 bridgehead atoms. The molecule has 1 aliphatic heterocycles. The fourth-order valence-electron chi connectivity index (χ4n) is 4.01. The Kier molecular flexibility index (Phi) is 7.06. The van der Waals surface area contributed by atoms with E-state index in [1.54, 1.807) is 4.90 Å². The fourth-order valence-corrected chi connectivity index (χ4v) is 4.26. The number of piperazine rings is 1. The Bertz CT molecular complexity index is 1150. The number of para-hydroxylation sites is 1. The standard InChI is InChI=1S/C26H25ClFN3O2/c1-18(25(32)29-24-10-6-5-9-21(24)19-7-3-2-4-8-19)30-13-15-31(16-14-30)26(33)22-12-11-20(28)17-23(22)27/h2-12,17-18H,13-16H2,1H3,(H,29,32). The maximum absolute atomic E-state index is 13.3. The second-order valence-electron chi connectivity index (χ2n) is 8.03. The number of hydrogen-bond donors (Lipinski definition) is 1. The number of halogens is 2. The maximum Gasteiger partial charge on any atom is 0.255 e. The normalized spacial score (nSPS) is 15.2. The highest BCUT2D eigenvalue weighted by atomic mass is 35.5. The van der Waals surface area contributed by atoms with Gasteiger partial charge in [0, 0.05) is 37.4 Å². The van der Waals surface area contributed by atoms with E-state index in [2.05, 4.69) is 10.2 Å². The molecule has 33 heavy (non-hydrogen) atoms. The van der Waals surface area contributed by atoms with Gasteiger partial charge in [-0.3, -0.25) is 14.5 Å². The lowest BCUT2D eigenvalue weighted by Crippen LogP contribution is -2.54. The number of nitrogens with zero attached hydrogens (tertiary/aromatic N) is 2. The molecule has 170 valence electrons. The molecule has 0 spiro atoms. The quantitative estimate of drug-likeness (QED) is 0.581. The second kappa shape index (κ2) is 10.1. The van der Waals surface area contributed by atoms with E-state index < -0.39 is 5.82 Å². The first-order valence-corrected chi connectivity index (χ1v) is 11.3. The molecule has 1 atom stereocenters. The van der Waals surface area contributed by atoms with Gasteiger partial charge in [0.05, 0.1) is 16.6 Å². The van der Waals surface area contributed by atoms with Crippen LogP contribution >= 0.6 is 11.6 Å². The van der Waals surface area contributed by atoms with Crippen molar-refractivity contribution in [3.05, 3.63) is 89.2 Å². The number of amides is 2. The number of nitrogens with one attached hydrogen (secondary N) is 1. The highest BCUT2D eigenvalue weighted by Gasteiger charge is 2.29. The molecule has 1 fully saturated rings. The number of rotatable bonds is 5. The van der Waals surface area contributed by atoms with Gasteiger partial charge in [0.1, 0.15) is 5.82 Å². The predicted molar refractivity (Wildman–Crippen MR) is 129 cm³/mol. The van der Waals surface area contributed by atoms with Crippen molar-refractivity contribution in [3.8, 4) is 11.1 Å². The molecule has 3 aromatic rings. The average molecular weight is 466 g/mol. The molecule has 2 amide bonds. The summed E-state index contributed by atoms with van der Waals surface area (Å²) < 4.78 is 13.3. The summed E-state index contributed by atoms with van der Waals surface area (Å²) >= 11 is 6.05. The van der Waals surface area contributed by atoms with E-state index in [0.29, 0.717) is 26.2 Å². The molecule has 1 saturated heterocycles. The number of carbonyl (C=O) groups excluding carboxylic acids is 2. The van der Waals surface area contributed by atoms with Gasteiger partial charge in [-0.2, -0.15) is 0 Å². The molecule has 0 radical (unpaired) electrons. The average Bonchev–Trinajstić information content (AvgIpc) is 2.84. The first-order chi connectivity index (χ1) is 15.9. The minimum Gasteiger partial charge on any atom is -0.336 e. The lowest BCUT2D eigenvalue weighted by Gasteiger charge is -2.37. The molecule has 4 rings (SSSR count). The zero-order valence-corrected chi connectivity index (χ0v) is 19.1. The van der Waals surface area contributed by atoms with Crippen LogP contribution < -0.4 is 5.32 Å². The van der Waals surface area contributed by atoms with Crippen LogP contribution in [-0.2, 0) is 4.79 Å². The molecule has 1 heterocycles. The van der Waals surface area contributed by atoms with Gasteiger partial charge in [-0.05, 0) is 36.8 Å². The van der Waals surface area contributed by atoms with Gasteiger partial charge in [0.25, 0.3) is 5.91 Å². The van der Waals surface area contributed by atoms with Gasteiger partial charge in [-0.15, -0.1) is 0 Å². The summed E-state index contributed by atoms with van der Waals surface area (Å²) in [6.45, 7) is 3.91. The highest BCUT2D eigenvalue weighted by Crippen LogP contribution is 2.28. The zero-order valence-electron chi connectivity index (χ0n) is 18.3. The van der Waals surface area contributed by atoms with Crippen molar-refractivity contribution in [3.63, 3.8) is 0 Å². The monoisotopic (exact) mass is 465 g/mol. The smallest absolute Gasteiger partial charge is 0.255 e. The number of anilines is 1. The second-order valence-corrected chi connectivity index (χ2v) is 8.44. The third kappa shape index (κ3) is 5.24. The Morgan fingerprint density at radius 1 is 0.939 bits per heavy atom. The Labute approximate surface area is 197 Å². The van der Waals surface area contributed by atoms with Crippen molar-refractivity contribution >= 4 is 29.1 Å². The van der Waals surface area contributed by atoms with Crippen LogP contribution in [0.15, 0.2) is 72.8 Å². The van der Waals surface area contributed by atoms with E-state index in [-0.39, 0.29) is 28.4 Å². The third-order valence-corrected chi connectivity index (χ3v) is 6.27. The SMILES string of the molecule is CC(C(=O)Nc1ccccc1-c1ccccc1)N1CCN(C(=O)c2ccc(F)cc2Cl)CC1. The van der Waals surface area contributed by atoms with Gasteiger partial charge in [-0.25, -0.2) is 4.39 Å². The zero-order chi connectivity index (χ0) is 23.4. The topological polar surface area (TPSA) is 52.7 Å². The van der Waals surface area contributed by atoms with E-state index >= 15 is 0 Å². The largest absolute Gasteiger partial charge is 0.336 e. The summed E-state index contributed by atoms with van der Waals surface area (Å²) in [6, 6.07) is 21.1. The Balaban J connectivity index is 1.38. The van der Waals surface area contributed by atoms with Gasteiger partial charge >= 0.3 is 0 Å². The summed E-state index contributed by atoms with van der Waals surface area (Å²) in [5.41, 5.74) is 3.05. The van der Waals surface area contributed by atoms with E-state index in [0.717, 1.165) is 22.9 Å². The molecule has 0 aromatic heterocycles. The number of hydrogen-bond acceptors (Lipinski definition) is 3. The van der Waals surface area contributed by atoms with Crippen molar-refractivity contribution < 1.29 is 14.0 Å². The van der Waals surface area contributed by atoms with Gasteiger partial charge in [-0.1, -0.05) is 60.1 Å². The summed E-state index contributed by atoms with van der Waals surface area (Å²) in [5, 5.41) is 3.17. The van der Waals surface area contributed by atoms with Crippen molar-refractivity contribution in [2.45, 2.75) is 13.0 Å². The molecule has 5 nitrogen and oxygen atoms in total. The summed E-state index contributed by atoms with van der Waals surface area (Å²) in [7, 11) is 0. The van der Waals surface area contributed by atoms with Gasteiger partial charge < -0.3 is 10.2 Å². The van der Waals surface area contributed by atoms with Crippen LogP contribution in [0.25, 0.3) is 11.1 Å². The van der Waals surface area contributed by atoms with Crippen molar-refractivity contribution in [1.82, 2.24) is 9.80 Å². The predicted octanol–water partition coefficient (Wildman–Crippen LogP) is 4.93. The summed E-state index contributed by atoms with van der Waals surface area (Å²) in [4.78, 5) is 29.5. The molecular weight excluding hydrogens is 441 g/mol. The molecule has 1 aliphatic rings. The van der Waals surface area contributed by atoms with Crippen molar-refractivity contribution in [1.29, 1.82) is 0 Å². The van der Waals surface area contributed by atoms with Crippen LogP contribution in [0.1, 0.15) is 17.3 Å². The van der Waals surface area contributed by atoms with Crippen molar-refractivity contribution in [2.24, 2.45) is 0 Å². The van der Waals surface area contributed by atoms with Crippen LogP contribution in [0.4, 0.5) is 10.1 Å². The van der Waals surface area contributed by atoms with E-state index in [1.165, 1.54) is 12.1 Å². The fraction of sp³-hybridized carbons (Fsp3) is 0.231. The van der Waals surface area contributed by atoms with Crippen LogP contribution in [0.5, 0.6) is 0 Å². The van der Waals surface area contributed by atoms with Crippen LogP contribution in [0.2, 0.25) is 5.02 Å². The number of carbonyl (C=O) groups is 2. The third-order valence-electron chi connectivity index (χ3n) is 5.96. The van der Waals surface area contributed by atoms with Crippen LogP contribution in [-0.4, -0.2) is 53.8 Å². The first-order valence-electron chi connectivity index (χ1n) is 10.9. The molecule has 7 heteroatoms. The van der Waals surface area contributed by atoms with Crippen LogP contribution in [0.3, 0.4) is 0 Å². The molecule has 0 saturated carbocycles. The lowest BCUT2D eigenvalue weighted by molar-refractivity contribution is -0.121. The summed E-state index contributed by atoms with van der Waals surface area (Å²) in [5.74, 6) is -0.802. The Morgan fingerprint density at radius 3 is 2.30 bits per heavy atom. The Morgan fingerprint density at radius 2 is 1.61 bits per heavy atom. The van der Waals surface area contributed by atoms with Gasteiger partial charge in [0.2, 0.25) is 5.91 Å². The van der Waals surface area contributed by atoms with Crippen LogP contribution in [0, 0.1) is 5.82 Å². The minimum absolute atomic E-state index is 0.0975. The molecule has 1 N–H and O–H groups in total. The van der Waals surface area contributed by atoms with E-state index in [4.69, 9.17) is 11.6 Å². The minimum atomic E-state index is -0.477. The number of benzene rings is 3. The highest BCUT2D eigenvalue weighted by molar-refractivity contribution is 6.33. The maximum atomic E-state index is 13.3. The molecule has 3 aromatic carbocycles. The molecule has 1 unspecified atom stereocenters. The molecule has 0 aliphatic carbocycles. The van der Waals surface area contributed by atoms with Crippen molar-refractivity contribution in [2.75, 3.05) is 31.5 Å².